The zero-order valence-corrected chi connectivity index (χ0v) is 9.20. The van der Waals surface area contributed by atoms with E-state index in [1.54, 1.807) is 6.21 Å². The van der Waals surface area contributed by atoms with Crippen LogP contribution in [0.15, 0.2) is 47.7 Å². The van der Waals surface area contributed by atoms with Crippen molar-refractivity contribution in [2.45, 2.75) is 13.8 Å². The Morgan fingerprint density at radius 1 is 1.47 bits per heavy atom. The number of hydrogen-bond donors (Lipinski definition) is 1. The van der Waals surface area contributed by atoms with Crippen LogP contribution in [0.1, 0.15) is 18.1 Å². The summed E-state index contributed by atoms with van der Waals surface area (Å²) in [5.41, 5.74) is 8.92. The Labute approximate surface area is 90.8 Å². The van der Waals surface area contributed by atoms with E-state index in [1.165, 1.54) is 11.1 Å². The molecule has 0 bridgehead atoms. The molecule has 0 aliphatic rings. The number of aliphatic imine (C=N–C) groups is 1. The van der Waals surface area contributed by atoms with Crippen LogP contribution in [0.4, 0.5) is 0 Å². The largest absolute Gasteiger partial charge is 0.384 e. The van der Waals surface area contributed by atoms with Gasteiger partial charge in [0.1, 0.15) is 5.82 Å². The Balaban J connectivity index is 2.84. The summed E-state index contributed by atoms with van der Waals surface area (Å²) in [5.74, 6) is 0.322. The van der Waals surface area contributed by atoms with Crippen LogP contribution in [0.3, 0.4) is 0 Å². The van der Waals surface area contributed by atoms with Crippen molar-refractivity contribution < 1.29 is 0 Å². The molecule has 2 heteroatoms. The van der Waals surface area contributed by atoms with Gasteiger partial charge in [-0.25, -0.2) is 4.99 Å². The van der Waals surface area contributed by atoms with Crippen molar-refractivity contribution >= 4 is 11.8 Å². The quantitative estimate of drug-likeness (QED) is 0.748. The lowest BCUT2D eigenvalue weighted by Crippen LogP contribution is -1.89. The fourth-order valence-electron chi connectivity index (χ4n) is 1.23. The Morgan fingerprint density at radius 3 is 2.80 bits per heavy atom. The van der Waals surface area contributed by atoms with E-state index in [0.29, 0.717) is 5.82 Å². The molecule has 0 saturated carbocycles. The Bertz CT molecular complexity index is 414. The minimum atomic E-state index is 0.322. The summed E-state index contributed by atoms with van der Waals surface area (Å²) >= 11 is 0. The Hall–Kier alpha value is -1.83. The molecular formula is C13H16N2. The summed E-state index contributed by atoms with van der Waals surface area (Å²) in [5, 5.41) is 0. The van der Waals surface area contributed by atoms with E-state index < -0.39 is 0 Å². The van der Waals surface area contributed by atoms with Crippen LogP contribution in [-0.4, -0.2) is 6.21 Å². The maximum absolute atomic E-state index is 5.32. The summed E-state index contributed by atoms with van der Waals surface area (Å²) in [6.07, 6.45) is 3.59. The molecule has 1 aromatic carbocycles. The molecular weight excluding hydrogens is 184 g/mol. The van der Waals surface area contributed by atoms with Crippen LogP contribution in [0.25, 0.3) is 5.57 Å². The van der Waals surface area contributed by atoms with Crippen LogP contribution >= 0.6 is 0 Å². The molecule has 0 aliphatic heterocycles. The van der Waals surface area contributed by atoms with Crippen molar-refractivity contribution in [3.05, 3.63) is 53.9 Å². The van der Waals surface area contributed by atoms with E-state index in [4.69, 9.17) is 5.73 Å². The molecule has 0 unspecified atom stereocenters. The molecule has 2 nitrogen and oxygen atoms in total. The van der Waals surface area contributed by atoms with Crippen molar-refractivity contribution in [3.63, 3.8) is 0 Å². The second-order valence-corrected chi connectivity index (χ2v) is 3.49. The number of hydrogen-bond acceptors (Lipinski definition) is 2. The normalized spacial score (nSPS) is 12.0. The SMILES string of the molecule is C=C(N)/N=C\C=C(/C)c1cccc(C)c1. The first-order valence-corrected chi connectivity index (χ1v) is 4.82. The minimum Gasteiger partial charge on any atom is -0.384 e. The molecule has 1 rings (SSSR count). The fraction of sp³-hybridized carbons (Fsp3) is 0.154. The van der Waals surface area contributed by atoms with Gasteiger partial charge in [0.05, 0.1) is 0 Å². The van der Waals surface area contributed by atoms with E-state index in [-0.39, 0.29) is 0 Å². The fourth-order valence-corrected chi connectivity index (χ4v) is 1.23. The van der Waals surface area contributed by atoms with Crippen molar-refractivity contribution in [2.75, 3.05) is 0 Å². The highest BCUT2D eigenvalue weighted by molar-refractivity contribution is 5.84. The lowest BCUT2D eigenvalue weighted by Gasteiger charge is -2.01. The number of nitrogens with two attached hydrogens (primary N) is 1. The Morgan fingerprint density at radius 2 is 2.20 bits per heavy atom. The minimum absolute atomic E-state index is 0.322. The Kier molecular flexibility index (Phi) is 3.86. The van der Waals surface area contributed by atoms with Crippen molar-refractivity contribution in [1.82, 2.24) is 0 Å². The molecule has 0 aromatic heterocycles. The molecule has 2 N–H and O–H groups in total. The van der Waals surface area contributed by atoms with Crippen LogP contribution < -0.4 is 5.73 Å². The molecule has 0 atom stereocenters. The van der Waals surface area contributed by atoms with Gasteiger partial charge in [-0.15, -0.1) is 0 Å². The van der Waals surface area contributed by atoms with E-state index in [0.717, 1.165) is 5.57 Å². The highest BCUT2D eigenvalue weighted by Gasteiger charge is 1.93. The van der Waals surface area contributed by atoms with Gasteiger partial charge in [-0.3, -0.25) is 0 Å². The third-order valence-corrected chi connectivity index (χ3v) is 2.04. The van der Waals surface area contributed by atoms with Crippen molar-refractivity contribution in [2.24, 2.45) is 10.7 Å². The number of aryl methyl sites for hydroxylation is 1. The average molecular weight is 200 g/mol. The molecule has 0 aliphatic carbocycles. The summed E-state index contributed by atoms with van der Waals surface area (Å²) in [6, 6.07) is 8.33. The smallest absolute Gasteiger partial charge is 0.115 e. The van der Waals surface area contributed by atoms with Gasteiger partial charge in [0.15, 0.2) is 0 Å². The maximum atomic E-state index is 5.32. The molecule has 15 heavy (non-hydrogen) atoms. The van der Waals surface area contributed by atoms with Gasteiger partial charge in [0, 0.05) is 6.21 Å². The highest BCUT2D eigenvalue weighted by Crippen LogP contribution is 2.14. The maximum Gasteiger partial charge on any atom is 0.115 e. The van der Waals surface area contributed by atoms with E-state index in [1.807, 2.05) is 19.1 Å². The first-order valence-electron chi connectivity index (χ1n) is 4.82. The van der Waals surface area contributed by atoms with Gasteiger partial charge in [-0.2, -0.15) is 0 Å². The summed E-state index contributed by atoms with van der Waals surface area (Å²) in [4.78, 5) is 3.89. The van der Waals surface area contributed by atoms with Crippen molar-refractivity contribution in [1.29, 1.82) is 0 Å². The predicted octanol–water partition coefficient (Wildman–Crippen LogP) is 2.90. The first kappa shape index (κ1) is 11.2. The third-order valence-electron chi connectivity index (χ3n) is 2.04. The lowest BCUT2D eigenvalue weighted by molar-refractivity contribution is 1.28. The van der Waals surface area contributed by atoms with Crippen LogP contribution in [0.5, 0.6) is 0 Å². The lowest BCUT2D eigenvalue weighted by atomic mass is 10.1. The van der Waals surface area contributed by atoms with Crippen LogP contribution in [-0.2, 0) is 0 Å². The third kappa shape index (κ3) is 3.81. The van der Waals surface area contributed by atoms with Gasteiger partial charge in [-0.1, -0.05) is 36.4 Å². The van der Waals surface area contributed by atoms with Crippen molar-refractivity contribution in [3.8, 4) is 0 Å². The summed E-state index contributed by atoms with van der Waals surface area (Å²) < 4.78 is 0. The zero-order chi connectivity index (χ0) is 11.3. The zero-order valence-electron chi connectivity index (χ0n) is 9.20. The summed E-state index contributed by atoms with van der Waals surface area (Å²) in [7, 11) is 0. The van der Waals surface area contributed by atoms with Gasteiger partial charge < -0.3 is 5.73 Å². The number of nitrogens with zero attached hydrogens (tertiary/aromatic N) is 1. The van der Waals surface area contributed by atoms with Gasteiger partial charge in [0.2, 0.25) is 0 Å². The topological polar surface area (TPSA) is 38.4 Å². The molecule has 1 aromatic rings. The molecule has 0 fully saturated rings. The molecule has 0 spiro atoms. The first-order chi connectivity index (χ1) is 7.09. The second kappa shape index (κ2) is 5.15. The standard InChI is InChI=1S/C13H16N2/c1-10-5-4-6-13(9-10)11(2)7-8-15-12(3)14/h4-9H,3,14H2,1-2H3/b11-7+,15-8-. The molecule has 78 valence electrons. The van der Waals surface area contributed by atoms with E-state index in [2.05, 4.69) is 36.7 Å². The number of rotatable bonds is 3. The van der Waals surface area contributed by atoms with Crippen LogP contribution in [0, 0.1) is 6.92 Å². The monoisotopic (exact) mass is 200 g/mol. The predicted molar refractivity (Wildman–Crippen MR) is 66.6 cm³/mol. The molecule has 0 radical (unpaired) electrons. The number of benzene rings is 1. The molecule has 0 heterocycles. The average Bonchev–Trinajstić information content (AvgIpc) is 2.17. The van der Waals surface area contributed by atoms with E-state index in [9.17, 15) is 0 Å². The molecule has 0 saturated heterocycles. The van der Waals surface area contributed by atoms with Gasteiger partial charge in [0.25, 0.3) is 0 Å². The highest BCUT2D eigenvalue weighted by atomic mass is 14.9. The number of allylic oxidation sites excluding steroid dienone is 2. The van der Waals surface area contributed by atoms with Gasteiger partial charge >= 0.3 is 0 Å². The van der Waals surface area contributed by atoms with Gasteiger partial charge in [-0.05, 0) is 31.1 Å². The second-order valence-electron chi connectivity index (χ2n) is 3.49. The molecule has 0 amide bonds. The van der Waals surface area contributed by atoms with Crippen LogP contribution in [0.2, 0.25) is 0 Å². The summed E-state index contributed by atoms with van der Waals surface area (Å²) in [6.45, 7) is 7.61. The van der Waals surface area contributed by atoms with E-state index >= 15 is 0 Å².